The van der Waals surface area contributed by atoms with Gasteiger partial charge in [0.2, 0.25) is 31.9 Å². The quantitative estimate of drug-likeness (QED) is 0.00955. The molecule has 12 atom stereocenters. The average molecular weight is 1790 g/mol. The molecule has 0 radical (unpaired) electrons. The van der Waals surface area contributed by atoms with Gasteiger partial charge in [0, 0.05) is 11.9 Å². The molecule has 638 valence electrons. The zero-order chi connectivity index (χ0) is 86.2. The van der Waals surface area contributed by atoms with Crippen molar-refractivity contribution >= 4 is 92.6 Å². The van der Waals surface area contributed by atoms with E-state index in [0.717, 1.165) is 31.0 Å². The molecule has 7 N–H and O–H groups in total. The molecule has 6 saturated carbocycles. The molecule has 6 aliphatic carbocycles. The SMILES string of the molecule is CCCBr.CCCNS(=O)(=O)c1ccc(C(NC(=O)OC(C)(C)C)C(=O)N[C@@H](Cc2cccc(C(=O)OC(C)(C)C)c2OC)B2O[C@@H]3C[C@@H]4C[C@@H](C4(C)C)[C@]3(C)O2)cc1.COc1c(C[C@H](NC(=O)C(NC(=O)OC(C)(C)C)c2ccc(S(N)(=O)=O)cc2)B2O[C@@H]3C[C@@H]4C[C@@H](C4(C)C)[C@]3(C)O2)cccc1C(=O)OC(C)(C)C.O=CO[O-].[H-].[K+].[K+]. The van der Waals surface area contributed by atoms with Crippen LogP contribution in [0, 0.1) is 34.5 Å². The number of primary sulfonamides is 1. The van der Waals surface area contributed by atoms with Crippen molar-refractivity contribution in [3.63, 3.8) is 0 Å². The average Bonchev–Trinajstić information content (AvgIpc) is 1.45. The Morgan fingerprint density at radius 1 is 0.564 bits per heavy atom. The molecule has 2 saturated heterocycles. The van der Waals surface area contributed by atoms with Gasteiger partial charge in [-0.25, -0.2) is 45.9 Å². The van der Waals surface area contributed by atoms with Crippen molar-refractivity contribution in [3.05, 3.63) is 118 Å². The number of nitrogens with one attached hydrogen (secondary N) is 5. The second-order valence-electron chi connectivity index (χ2n) is 35.4. The fourth-order valence-electron chi connectivity index (χ4n) is 16.0. The van der Waals surface area contributed by atoms with Gasteiger partial charge in [-0.05, 0) is 241 Å². The zero-order valence-electron chi connectivity index (χ0n) is 73.3. The zero-order valence-corrected chi connectivity index (χ0v) is 81.8. The second kappa shape index (κ2) is 42.0. The summed E-state index contributed by atoms with van der Waals surface area (Å²) in [5, 5.41) is 26.4. The molecule has 12 rings (SSSR count). The van der Waals surface area contributed by atoms with Gasteiger partial charge < -0.3 is 79.9 Å². The van der Waals surface area contributed by atoms with Gasteiger partial charge in [-0.15, -0.1) is 0 Å². The fourth-order valence-corrected chi connectivity index (χ4v) is 17.6. The van der Waals surface area contributed by atoms with Crippen LogP contribution in [0.25, 0.3) is 0 Å². The smallest absolute Gasteiger partial charge is 1.00 e. The van der Waals surface area contributed by atoms with Gasteiger partial charge >= 0.3 is 141 Å². The molecule has 4 aromatic carbocycles. The topological polar surface area (TPSA) is 399 Å². The Balaban J connectivity index is 0.000000445. The number of carbonyl (C=O) groups is 7. The number of nitrogens with two attached hydrogens (primary N) is 1. The van der Waals surface area contributed by atoms with Crippen LogP contribution in [0.15, 0.2) is 94.7 Å². The molecular weight excluding hydrogens is 1670 g/mol. The third-order valence-corrected chi connectivity index (χ3v) is 24.9. The molecule has 8 aliphatic rings. The van der Waals surface area contributed by atoms with Gasteiger partial charge in [0.05, 0.1) is 59.3 Å². The largest absolute Gasteiger partial charge is 1.00 e. The van der Waals surface area contributed by atoms with Crippen LogP contribution in [0.5, 0.6) is 11.5 Å². The minimum atomic E-state index is -4.02. The summed E-state index contributed by atoms with van der Waals surface area (Å²) < 4.78 is 113. The van der Waals surface area contributed by atoms with E-state index in [2.05, 4.69) is 95.3 Å². The van der Waals surface area contributed by atoms with Crippen LogP contribution in [0.1, 0.15) is 233 Å². The summed E-state index contributed by atoms with van der Waals surface area (Å²) in [6, 6.07) is 18.7. The van der Waals surface area contributed by atoms with E-state index in [1.807, 2.05) is 6.92 Å². The fraction of sp³-hybridized carbons (Fsp3) is 0.617. The molecule has 0 spiro atoms. The summed E-state index contributed by atoms with van der Waals surface area (Å²) in [6.45, 7) is 38.1. The normalized spacial score (nSPS) is 22.8. The first kappa shape index (κ1) is 103. The van der Waals surface area contributed by atoms with E-state index >= 15 is 0 Å². The van der Waals surface area contributed by atoms with Crippen molar-refractivity contribution in [2.75, 3.05) is 26.1 Å². The van der Waals surface area contributed by atoms with Crippen molar-refractivity contribution in [2.24, 2.45) is 39.6 Å². The van der Waals surface area contributed by atoms with E-state index in [1.165, 1.54) is 69.2 Å². The Morgan fingerprint density at radius 2 is 0.906 bits per heavy atom. The Labute approximate surface area is 786 Å². The number of carbonyl (C=O) groups excluding carboxylic acids is 7. The van der Waals surface area contributed by atoms with Gasteiger partial charge in [-0.2, -0.15) is 0 Å². The van der Waals surface area contributed by atoms with Crippen LogP contribution in [0.2, 0.25) is 0 Å². The third kappa shape index (κ3) is 26.7. The van der Waals surface area contributed by atoms with Crippen LogP contribution in [0.3, 0.4) is 0 Å². The summed E-state index contributed by atoms with van der Waals surface area (Å²) >= 11 is 3.25. The maximum Gasteiger partial charge on any atom is 1.00 e. The van der Waals surface area contributed by atoms with E-state index in [9.17, 15) is 45.6 Å². The number of sulfonamides is 2. The first-order valence-electron chi connectivity index (χ1n) is 38.8. The Kier molecular flexibility index (Phi) is 37.2. The van der Waals surface area contributed by atoms with Gasteiger partial charge in [0.15, 0.2) is 0 Å². The molecule has 2 unspecified atom stereocenters. The molecule has 0 aromatic heterocycles. The summed E-state index contributed by atoms with van der Waals surface area (Å²) in [5.74, 6) is -2.02. The molecule has 4 amide bonds. The van der Waals surface area contributed by atoms with Gasteiger partial charge in [-0.1, -0.05) is 106 Å². The van der Waals surface area contributed by atoms with Gasteiger partial charge in [0.1, 0.15) is 57.1 Å². The summed E-state index contributed by atoms with van der Waals surface area (Å²) in [4.78, 5) is 92.9. The first-order chi connectivity index (χ1) is 53.2. The standard InChI is InChI=1S/C40H58BN3O10S.C37H52BN3O10S.C3H7Br.CH2O3.2K.H/c1-12-20-42-55(48,49)27-18-16-24(17-19-27)32(44-36(47)52-38(5,6)7)34(45)43-31(41-53-30-23-26-22-29(39(26,8)9)40(30,10)54-41)21-25-14-13-15-28(33(25)50-11)35(46)51-37(2,3)4;1-34(2,3)48-32(43)25-13-11-12-22(30(25)47-10)18-28(38-50-27-20-23-19-26(36(23,7)8)37(27,9)51-38)40-31(42)29(41-33(44)49-35(4,5)6)21-14-16-24(17-15-21)52(39,45)46;1-2-3-4;2-1-4-3;;;/h13-19,26,29-32,42H,12,20-23H2,1-11H3,(H,43,45)(H,44,47);11-17,23,26-29H,18-20H2,1-10H3,(H,40,42)(H,41,44)(H2,39,45,46);2-3H2,1H3;1,3H;;;/q;;;;2*+1;-1/p-1/t26-,29-,30+,31-,32?,40-;23-,26-,27+,28-,29?,37-;;;;;/m00...../s1. The monoisotopic (exact) mass is 1790 g/mol. The van der Waals surface area contributed by atoms with Crippen molar-refractivity contribution in [1.29, 1.82) is 0 Å². The van der Waals surface area contributed by atoms with Crippen molar-refractivity contribution in [3.8, 4) is 11.5 Å². The molecule has 8 fully saturated rings. The number of alkyl halides is 1. The number of methoxy groups -OCH3 is 2. The first-order valence-corrected chi connectivity index (χ1v) is 42.9. The predicted molar refractivity (Wildman–Crippen MR) is 434 cm³/mol. The summed E-state index contributed by atoms with van der Waals surface area (Å²) in [7, 11) is -6.69. The van der Waals surface area contributed by atoms with E-state index in [0.29, 0.717) is 34.9 Å². The summed E-state index contributed by atoms with van der Waals surface area (Å²) in [6.07, 6.45) is 3.66. The van der Waals surface area contributed by atoms with Crippen molar-refractivity contribution in [1.82, 2.24) is 26.0 Å². The molecule has 117 heavy (non-hydrogen) atoms. The maximum absolute atomic E-state index is 14.6. The maximum atomic E-state index is 14.6. The number of hydrogen-bond acceptors (Lipinski definition) is 23. The van der Waals surface area contributed by atoms with E-state index in [1.54, 1.807) is 119 Å². The predicted octanol–water partition coefficient (Wildman–Crippen LogP) is 5.10. The molecule has 2 heterocycles. The van der Waals surface area contributed by atoms with Gasteiger partial charge in [0.25, 0.3) is 6.47 Å². The number of halogens is 1. The van der Waals surface area contributed by atoms with E-state index in [-0.39, 0.29) is 203 Å². The molecular formula is C81H119B2BrK2N6O23S2. The number of alkyl carbamates (subject to hydrolysis) is 2. The van der Waals surface area contributed by atoms with Crippen LogP contribution in [0.4, 0.5) is 9.59 Å². The Morgan fingerprint density at radius 3 is 1.20 bits per heavy atom. The number of ether oxygens (including phenoxy) is 6. The summed E-state index contributed by atoms with van der Waals surface area (Å²) in [5.41, 5.74) is -2.07. The van der Waals surface area contributed by atoms with Crippen LogP contribution >= 0.6 is 15.9 Å². The van der Waals surface area contributed by atoms with E-state index < -0.39 is 128 Å². The van der Waals surface area contributed by atoms with E-state index in [4.69, 9.17) is 62.2 Å². The second-order valence-corrected chi connectivity index (χ2v) is 39.6. The number of hydrogen-bond donors (Lipinski definition) is 6. The molecule has 4 bridgehead atoms. The minimum Gasteiger partial charge on any atom is -1.00 e. The molecule has 2 aliphatic heterocycles. The number of para-hydroxylation sites is 2. The molecule has 29 nitrogen and oxygen atoms in total. The van der Waals surface area contributed by atoms with Crippen molar-refractivity contribution in [2.45, 2.75) is 269 Å². The van der Waals surface area contributed by atoms with Gasteiger partial charge in [-0.3, -0.25) is 14.4 Å². The molecule has 4 aromatic rings. The number of esters is 2. The third-order valence-electron chi connectivity index (χ3n) is 21.7. The van der Waals surface area contributed by atoms with Crippen LogP contribution in [-0.2, 0) is 89.7 Å². The number of benzene rings is 4. The number of amides is 4. The Bertz CT molecular complexity index is 4340. The molecule has 36 heteroatoms. The minimum absolute atomic E-state index is 0. The van der Waals surface area contributed by atoms with Crippen molar-refractivity contribution < 1.29 is 212 Å². The van der Waals surface area contributed by atoms with Crippen LogP contribution in [-0.4, -0.2) is 157 Å². The Hall–Kier alpha value is -4.13. The van der Waals surface area contributed by atoms with Crippen LogP contribution < -0.4 is 149 Å². The number of rotatable bonds is 25.